The van der Waals surface area contributed by atoms with Gasteiger partial charge < -0.3 is 9.64 Å². The van der Waals surface area contributed by atoms with E-state index in [0.29, 0.717) is 48.6 Å². The maximum atomic E-state index is 11.9. The molecule has 0 bridgehead atoms. The van der Waals surface area contributed by atoms with Crippen LogP contribution < -0.4 is 9.64 Å². The van der Waals surface area contributed by atoms with E-state index in [2.05, 4.69) is 9.97 Å². The minimum absolute atomic E-state index is 0.125. The molecule has 2 aromatic rings. The number of nitrogens with zero attached hydrogens (tertiary/aromatic N) is 4. The van der Waals surface area contributed by atoms with Crippen molar-refractivity contribution in [2.24, 2.45) is 0 Å². The summed E-state index contributed by atoms with van der Waals surface area (Å²) in [6.45, 7) is 3.72. The van der Waals surface area contributed by atoms with Gasteiger partial charge in [-0.25, -0.2) is 18.4 Å². The van der Waals surface area contributed by atoms with Gasteiger partial charge in [-0.15, -0.1) is 0 Å². The van der Waals surface area contributed by atoms with Crippen LogP contribution in [-0.2, 0) is 10.0 Å². The summed E-state index contributed by atoms with van der Waals surface area (Å²) < 4.78 is 31.1. The minimum Gasteiger partial charge on any atom is -0.439 e. The van der Waals surface area contributed by atoms with Crippen molar-refractivity contribution in [3.63, 3.8) is 0 Å². The summed E-state index contributed by atoms with van der Waals surface area (Å²) in [6, 6.07) is 8.76. The summed E-state index contributed by atoms with van der Waals surface area (Å²) in [6.07, 6.45) is 1.44. The van der Waals surface area contributed by atoms with Gasteiger partial charge in [0.1, 0.15) is 17.9 Å². The molecule has 1 aliphatic heterocycles. The zero-order valence-electron chi connectivity index (χ0n) is 13.8. The third-order valence-electron chi connectivity index (χ3n) is 3.98. The Morgan fingerprint density at radius 3 is 2.44 bits per heavy atom. The van der Waals surface area contributed by atoms with Crippen molar-refractivity contribution >= 4 is 27.4 Å². The molecule has 1 fully saturated rings. The van der Waals surface area contributed by atoms with Gasteiger partial charge in [0.15, 0.2) is 0 Å². The van der Waals surface area contributed by atoms with E-state index in [9.17, 15) is 8.42 Å². The Kier molecular flexibility index (Phi) is 5.41. The molecular formula is C16H19ClN4O3S. The zero-order chi connectivity index (χ0) is 17.9. The lowest BCUT2D eigenvalue weighted by Crippen LogP contribution is -2.49. The number of hydrogen-bond donors (Lipinski definition) is 0. The van der Waals surface area contributed by atoms with Crippen LogP contribution in [0.4, 0.5) is 5.82 Å². The Balaban J connectivity index is 1.67. The third-order valence-corrected chi connectivity index (χ3v) is 6.12. The van der Waals surface area contributed by atoms with Crippen molar-refractivity contribution in [3.8, 4) is 11.6 Å². The SMILES string of the molecule is CCS(=O)(=O)N1CCN(c2cc(Oc3ccc(Cl)cc3)ncn2)CC1. The monoisotopic (exact) mass is 382 g/mol. The normalized spacial score (nSPS) is 16.0. The maximum absolute atomic E-state index is 11.9. The highest BCUT2D eigenvalue weighted by atomic mass is 35.5. The van der Waals surface area contributed by atoms with Gasteiger partial charge in [0, 0.05) is 37.3 Å². The summed E-state index contributed by atoms with van der Waals surface area (Å²) in [5.41, 5.74) is 0. The molecule has 1 saturated heterocycles. The van der Waals surface area contributed by atoms with Gasteiger partial charge >= 0.3 is 0 Å². The molecule has 2 heterocycles. The summed E-state index contributed by atoms with van der Waals surface area (Å²) in [5, 5.41) is 0.635. The fourth-order valence-corrected chi connectivity index (χ4v) is 3.77. The fourth-order valence-electron chi connectivity index (χ4n) is 2.56. The van der Waals surface area contributed by atoms with Crippen LogP contribution in [0.2, 0.25) is 5.02 Å². The molecule has 0 N–H and O–H groups in total. The van der Waals surface area contributed by atoms with E-state index in [0.717, 1.165) is 0 Å². The molecule has 9 heteroatoms. The van der Waals surface area contributed by atoms with Gasteiger partial charge in [0.05, 0.1) is 5.75 Å². The van der Waals surface area contributed by atoms with Crippen molar-refractivity contribution in [1.29, 1.82) is 0 Å². The quantitative estimate of drug-likeness (QED) is 0.790. The Morgan fingerprint density at radius 2 is 1.80 bits per heavy atom. The molecule has 0 amide bonds. The van der Waals surface area contributed by atoms with Crippen molar-refractivity contribution in [2.75, 3.05) is 36.8 Å². The Bertz CT molecular complexity index is 822. The highest BCUT2D eigenvalue weighted by Gasteiger charge is 2.26. The average Bonchev–Trinajstić information content (AvgIpc) is 2.64. The lowest BCUT2D eigenvalue weighted by atomic mass is 10.3. The molecule has 0 spiro atoms. The lowest BCUT2D eigenvalue weighted by Gasteiger charge is -2.34. The zero-order valence-corrected chi connectivity index (χ0v) is 15.4. The largest absolute Gasteiger partial charge is 0.439 e. The first-order valence-corrected chi connectivity index (χ1v) is 9.95. The number of ether oxygens (including phenoxy) is 1. The highest BCUT2D eigenvalue weighted by Crippen LogP contribution is 2.24. The van der Waals surface area contributed by atoms with Gasteiger partial charge in [0.2, 0.25) is 15.9 Å². The lowest BCUT2D eigenvalue weighted by molar-refractivity contribution is 0.384. The topological polar surface area (TPSA) is 75.6 Å². The predicted octanol–water partition coefficient (Wildman–Crippen LogP) is 2.39. The first-order valence-electron chi connectivity index (χ1n) is 7.96. The molecule has 1 aliphatic rings. The smallest absolute Gasteiger partial charge is 0.224 e. The summed E-state index contributed by atoms with van der Waals surface area (Å²) in [4.78, 5) is 10.4. The van der Waals surface area contributed by atoms with Crippen LogP contribution in [-0.4, -0.2) is 54.6 Å². The maximum Gasteiger partial charge on any atom is 0.224 e. The van der Waals surface area contributed by atoms with Crippen molar-refractivity contribution < 1.29 is 13.2 Å². The molecule has 0 radical (unpaired) electrons. The van der Waals surface area contributed by atoms with Crippen LogP contribution in [0.1, 0.15) is 6.92 Å². The second-order valence-corrected chi connectivity index (χ2v) is 8.25. The number of rotatable bonds is 5. The number of hydrogen-bond acceptors (Lipinski definition) is 6. The van der Waals surface area contributed by atoms with Crippen LogP contribution in [0, 0.1) is 0 Å². The molecule has 3 rings (SSSR count). The standard InChI is InChI=1S/C16H19ClN4O3S/c1-2-25(22,23)21-9-7-20(8-10-21)15-11-16(19-12-18-15)24-14-5-3-13(17)4-6-14/h3-6,11-12H,2,7-10H2,1H3. The van der Waals surface area contributed by atoms with Gasteiger partial charge in [-0.05, 0) is 31.2 Å². The molecule has 0 atom stereocenters. The fraction of sp³-hybridized carbons (Fsp3) is 0.375. The average molecular weight is 383 g/mol. The number of piperazine rings is 1. The second kappa shape index (κ2) is 7.55. The van der Waals surface area contributed by atoms with Gasteiger partial charge in [-0.1, -0.05) is 11.6 Å². The molecular weight excluding hydrogens is 364 g/mol. The molecule has 0 aliphatic carbocycles. The number of sulfonamides is 1. The van der Waals surface area contributed by atoms with Crippen LogP contribution >= 0.6 is 11.6 Å². The van der Waals surface area contributed by atoms with Gasteiger partial charge in [-0.2, -0.15) is 4.31 Å². The van der Waals surface area contributed by atoms with E-state index in [1.54, 1.807) is 37.3 Å². The summed E-state index contributed by atoms with van der Waals surface area (Å²) in [7, 11) is -3.14. The minimum atomic E-state index is -3.14. The van der Waals surface area contributed by atoms with Gasteiger partial charge in [0.25, 0.3) is 0 Å². The van der Waals surface area contributed by atoms with Crippen LogP contribution in [0.3, 0.4) is 0 Å². The highest BCUT2D eigenvalue weighted by molar-refractivity contribution is 7.89. The van der Waals surface area contributed by atoms with Gasteiger partial charge in [-0.3, -0.25) is 0 Å². The van der Waals surface area contributed by atoms with E-state index in [1.165, 1.54) is 10.6 Å². The van der Waals surface area contributed by atoms with E-state index in [4.69, 9.17) is 16.3 Å². The first kappa shape index (κ1) is 17.9. The third kappa shape index (κ3) is 4.39. The summed E-state index contributed by atoms with van der Waals surface area (Å²) in [5.74, 6) is 1.90. The number of halogens is 1. The number of benzene rings is 1. The van der Waals surface area contributed by atoms with Crippen molar-refractivity contribution in [2.45, 2.75) is 6.92 Å². The van der Waals surface area contributed by atoms with E-state index in [1.807, 2.05) is 4.90 Å². The second-order valence-electron chi connectivity index (χ2n) is 5.56. The van der Waals surface area contributed by atoms with E-state index >= 15 is 0 Å². The number of aromatic nitrogens is 2. The Hall–Kier alpha value is -1.90. The van der Waals surface area contributed by atoms with Crippen LogP contribution in [0.5, 0.6) is 11.6 Å². The predicted molar refractivity (Wildman–Crippen MR) is 96.8 cm³/mol. The van der Waals surface area contributed by atoms with Crippen LogP contribution in [0.15, 0.2) is 36.7 Å². The molecule has 25 heavy (non-hydrogen) atoms. The Labute approximate surface area is 152 Å². The van der Waals surface area contributed by atoms with E-state index in [-0.39, 0.29) is 5.75 Å². The summed E-state index contributed by atoms with van der Waals surface area (Å²) >= 11 is 5.86. The number of anilines is 1. The molecule has 7 nitrogen and oxygen atoms in total. The van der Waals surface area contributed by atoms with Crippen molar-refractivity contribution in [1.82, 2.24) is 14.3 Å². The molecule has 134 valence electrons. The molecule has 1 aromatic carbocycles. The first-order chi connectivity index (χ1) is 12.0. The van der Waals surface area contributed by atoms with Crippen molar-refractivity contribution in [3.05, 3.63) is 41.7 Å². The Morgan fingerprint density at radius 1 is 1.12 bits per heavy atom. The molecule has 0 saturated carbocycles. The van der Waals surface area contributed by atoms with Crippen LogP contribution in [0.25, 0.3) is 0 Å². The molecule has 1 aromatic heterocycles. The molecule has 0 unspecified atom stereocenters. The van der Waals surface area contributed by atoms with E-state index < -0.39 is 10.0 Å².